The van der Waals surface area contributed by atoms with Crippen LogP contribution in [0, 0.1) is 0 Å². The molecule has 3 nitrogen and oxygen atoms in total. The SMILES string of the molecule is CCCCSP(=S)(NC=NC(C)CC)OC(C)C. The molecule has 108 valence electrons. The minimum atomic E-state index is -2.02. The van der Waals surface area contributed by atoms with Gasteiger partial charge in [0.2, 0.25) is 5.62 Å². The first-order valence-corrected chi connectivity index (χ1v) is 11.0. The Morgan fingerprint density at radius 1 is 1.39 bits per heavy atom. The molecule has 0 radical (unpaired) electrons. The first-order valence-electron chi connectivity index (χ1n) is 6.66. The number of hydrogen-bond acceptors (Lipinski definition) is 4. The van der Waals surface area contributed by atoms with Crippen LogP contribution < -0.4 is 5.09 Å². The van der Waals surface area contributed by atoms with Gasteiger partial charge in [-0.2, -0.15) is 0 Å². The molecule has 2 unspecified atom stereocenters. The van der Waals surface area contributed by atoms with Crippen LogP contribution in [0.2, 0.25) is 0 Å². The molecule has 0 heterocycles. The molecule has 6 heteroatoms. The second-order valence-corrected chi connectivity index (χ2v) is 11.2. The normalized spacial score (nSPS) is 17.0. The van der Waals surface area contributed by atoms with Crippen molar-refractivity contribution in [2.45, 2.75) is 66.0 Å². The van der Waals surface area contributed by atoms with Crippen molar-refractivity contribution in [2.75, 3.05) is 5.75 Å². The fraction of sp³-hybridized carbons (Fsp3) is 0.917. The van der Waals surface area contributed by atoms with Gasteiger partial charge in [-0.25, -0.2) is 0 Å². The predicted octanol–water partition coefficient (Wildman–Crippen LogP) is 4.59. The van der Waals surface area contributed by atoms with Gasteiger partial charge in [0.15, 0.2) is 0 Å². The predicted molar refractivity (Wildman–Crippen MR) is 89.3 cm³/mol. The molecular formula is C12H27N2OPS2. The van der Waals surface area contributed by atoms with E-state index < -0.39 is 5.62 Å². The Hall–Kier alpha value is 0.430. The fourth-order valence-electron chi connectivity index (χ4n) is 1.04. The van der Waals surface area contributed by atoms with E-state index in [1.807, 2.05) is 13.8 Å². The molecule has 0 fully saturated rings. The maximum absolute atomic E-state index is 5.89. The van der Waals surface area contributed by atoms with Crippen molar-refractivity contribution in [3.05, 3.63) is 0 Å². The number of nitrogens with one attached hydrogen (secondary N) is 1. The molecule has 0 aromatic rings. The second-order valence-electron chi connectivity index (χ2n) is 4.50. The Bertz CT molecular complexity index is 285. The Morgan fingerprint density at radius 2 is 2.06 bits per heavy atom. The number of unbranched alkanes of at least 4 members (excludes halogenated alkanes) is 1. The van der Waals surface area contributed by atoms with Crippen molar-refractivity contribution in [3.8, 4) is 0 Å². The minimum Gasteiger partial charge on any atom is -0.324 e. The zero-order chi connectivity index (χ0) is 14.0. The van der Waals surface area contributed by atoms with E-state index in [0.717, 1.165) is 12.2 Å². The molecule has 18 heavy (non-hydrogen) atoms. The standard InChI is InChI=1S/C12H27N2OPS2/c1-6-8-9-18-16(17,15-11(3)4)14-10-13-12(5)7-2/h10-12H,6-9H2,1-5H3,(H,13,14,17). The summed E-state index contributed by atoms with van der Waals surface area (Å²) in [7, 11) is 0. The third-order valence-electron chi connectivity index (χ3n) is 2.24. The van der Waals surface area contributed by atoms with E-state index in [9.17, 15) is 0 Å². The lowest BCUT2D eigenvalue weighted by Crippen LogP contribution is -2.13. The average Bonchev–Trinajstić information content (AvgIpc) is 2.28. The largest absolute Gasteiger partial charge is 0.324 e. The summed E-state index contributed by atoms with van der Waals surface area (Å²) in [6.07, 6.45) is 5.29. The number of rotatable bonds is 10. The Labute approximate surface area is 121 Å². The zero-order valence-corrected chi connectivity index (χ0v) is 14.7. The van der Waals surface area contributed by atoms with Crippen LogP contribution in [-0.2, 0) is 16.3 Å². The van der Waals surface area contributed by atoms with Crippen molar-refractivity contribution in [2.24, 2.45) is 4.99 Å². The summed E-state index contributed by atoms with van der Waals surface area (Å²) in [5, 5.41) is 3.23. The van der Waals surface area contributed by atoms with E-state index in [1.54, 1.807) is 17.7 Å². The van der Waals surface area contributed by atoms with Crippen molar-refractivity contribution in [3.63, 3.8) is 0 Å². The van der Waals surface area contributed by atoms with Crippen LogP contribution in [-0.4, -0.2) is 24.2 Å². The highest BCUT2D eigenvalue weighted by molar-refractivity contribution is 8.68. The van der Waals surface area contributed by atoms with Gasteiger partial charge >= 0.3 is 0 Å². The Balaban J connectivity index is 4.37. The summed E-state index contributed by atoms with van der Waals surface area (Å²) in [6.45, 7) is 10.4. The highest BCUT2D eigenvalue weighted by atomic mass is 32.9. The number of nitrogens with zero attached hydrogens (tertiary/aromatic N) is 1. The van der Waals surface area contributed by atoms with Gasteiger partial charge in [-0.1, -0.05) is 31.7 Å². The monoisotopic (exact) mass is 310 g/mol. The lowest BCUT2D eigenvalue weighted by atomic mass is 10.3. The maximum atomic E-state index is 5.89. The molecule has 0 aliphatic heterocycles. The van der Waals surface area contributed by atoms with Gasteiger partial charge < -0.3 is 9.61 Å². The van der Waals surface area contributed by atoms with Gasteiger partial charge in [0.05, 0.1) is 12.4 Å². The van der Waals surface area contributed by atoms with E-state index >= 15 is 0 Å². The van der Waals surface area contributed by atoms with Gasteiger partial charge in [-0.3, -0.25) is 4.99 Å². The molecule has 0 amide bonds. The van der Waals surface area contributed by atoms with Crippen LogP contribution in [0.3, 0.4) is 0 Å². The van der Waals surface area contributed by atoms with Crippen LogP contribution in [0.4, 0.5) is 0 Å². The highest BCUT2D eigenvalue weighted by Gasteiger charge is 2.18. The molecular weight excluding hydrogens is 283 g/mol. The Morgan fingerprint density at radius 3 is 2.56 bits per heavy atom. The van der Waals surface area contributed by atoms with Crippen LogP contribution in [0.5, 0.6) is 0 Å². The quantitative estimate of drug-likeness (QED) is 0.277. The second kappa shape index (κ2) is 10.2. The number of aliphatic imine (C=N–C) groups is 1. The van der Waals surface area contributed by atoms with Crippen molar-refractivity contribution in [1.29, 1.82) is 0 Å². The molecule has 0 spiro atoms. The van der Waals surface area contributed by atoms with E-state index in [1.165, 1.54) is 12.8 Å². The summed E-state index contributed by atoms with van der Waals surface area (Å²) in [5.41, 5.74) is -2.02. The summed E-state index contributed by atoms with van der Waals surface area (Å²) in [4.78, 5) is 4.39. The van der Waals surface area contributed by atoms with Crippen molar-refractivity contribution in [1.82, 2.24) is 5.09 Å². The molecule has 0 rings (SSSR count). The van der Waals surface area contributed by atoms with E-state index in [-0.39, 0.29) is 6.10 Å². The minimum absolute atomic E-state index is 0.148. The van der Waals surface area contributed by atoms with Crippen LogP contribution in [0.25, 0.3) is 0 Å². The fourth-order valence-corrected chi connectivity index (χ4v) is 6.16. The topological polar surface area (TPSA) is 33.6 Å². The van der Waals surface area contributed by atoms with Crippen molar-refractivity contribution < 1.29 is 4.52 Å². The van der Waals surface area contributed by atoms with Crippen LogP contribution in [0.15, 0.2) is 4.99 Å². The third-order valence-corrected chi connectivity index (χ3v) is 7.85. The van der Waals surface area contributed by atoms with Gasteiger partial charge in [0.1, 0.15) is 0 Å². The summed E-state index contributed by atoms with van der Waals surface area (Å²) in [6, 6.07) is 0.334. The molecule has 2 atom stereocenters. The molecule has 0 aromatic carbocycles. The lowest BCUT2D eigenvalue weighted by Gasteiger charge is -2.23. The summed E-state index contributed by atoms with van der Waals surface area (Å²) < 4.78 is 5.89. The highest BCUT2D eigenvalue weighted by Crippen LogP contribution is 2.56. The van der Waals surface area contributed by atoms with Crippen LogP contribution in [0.1, 0.15) is 53.9 Å². The molecule has 0 saturated heterocycles. The molecule has 0 aliphatic carbocycles. The molecule has 0 saturated carbocycles. The summed E-state index contributed by atoms with van der Waals surface area (Å²) in [5.74, 6) is 1.05. The molecule has 1 N–H and O–H groups in total. The van der Waals surface area contributed by atoms with Gasteiger partial charge in [0.25, 0.3) is 0 Å². The van der Waals surface area contributed by atoms with Gasteiger partial charge in [-0.15, -0.1) is 0 Å². The first-order chi connectivity index (χ1) is 8.43. The third kappa shape index (κ3) is 9.37. The van der Waals surface area contributed by atoms with Gasteiger partial charge in [-0.05, 0) is 45.4 Å². The summed E-state index contributed by atoms with van der Waals surface area (Å²) >= 11 is 7.37. The van der Waals surface area contributed by atoms with E-state index in [0.29, 0.717) is 6.04 Å². The van der Waals surface area contributed by atoms with E-state index in [2.05, 4.69) is 30.9 Å². The van der Waals surface area contributed by atoms with Gasteiger partial charge in [0, 0.05) is 11.8 Å². The molecule has 0 aromatic heterocycles. The Kier molecular flexibility index (Phi) is 10.5. The zero-order valence-electron chi connectivity index (χ0n) is 12.2. The molecule has 0 bridgehead atoms. The smallest absolute Gasteiger partial charge is 0.211 e. The molecule has 0 aliphatic rings. The van der Waals surface area contributed by atoms with E-state index in [4.69, 9.17) is 16.3 Å². The lowest BCUT2D eigenvalue weighted by molar-refractivity contribution is 0.274. The first kappa shape index (κ1) is 18.4. The van der Waals surface area contributed by atoms with Crippen LogP contribution >= 0.6 is 17.0 Å². The maximum Gasteiger partial charge on any atom is 0.211 e. The average molecular weight is 310 g/mol. The number of hydrogen-bond donors (Lipinski definition) is 1. The van der Waals surface area contributed by atoms with Crippen molar-refractivity contribution >= 4 is 35.1 Å².